The minimum atomic E-state index is 0.725. The van der Waals surface area contributed by atoms with Gasteiger partial charge in [-0.05, 0) is 20.0 Å². The van der Waals surface area contributed by atoms with Gasteiger partial charge in [-0.3, -0.25) is 4.90 Å². The highest BCUT2D eigenvalue weighted by Crippen LogP contribution is 2.22. The third-order valence-corrected chi connectivity index (χ3v) is 2.57. The van der Waals surface area contributed by atoms with Gasteiger partial charge in [-0.25, -0.2) is 0 Å². The Balaban J connectivity index is 2.55. The Morgan fingerprint density at radius 3 is 2.76 bits per heavy atom. The molecule has 2 N–H and O–H groups in total. The summed E-state index contributed by atoms with van der Waals surface area (Å²) in [6.07, 6.45) is 0. The summed E-state index contributed by atoms with van der Waals surface area (Å²) < 4.78 is 10.6. The Morgan fingerprint density at radius 1 is 1.35 bits per heavy atom. The van der Waals surface area contributed by atoms with Crippen molar-refractivity contribution in [2.45, 2.75) is 13.5 Å². The van der Waals surface area contributed by atoms with Crippen molar-refractivity contribution in [3.63, 3.8) is 0 Å². The third kappa shape index (κ3) is 4.63. The maximum atomic E-state index is 5.72. The molecule has 0 spiro atoms. The number of benzene rings is 1. The molecule has 1 aromatic carbocycles. The van der Waals surface area contributed by atoms with Crippen LogP contribution in [0.5, 0.6) is 5.75 Å². The number of methoxy groups -OCH3 is 1. The molecule has 0 aliphatic rings. The van der Waals surface area contributed by atoms with Crippen molar-refractivity contribution < 1.29 is 9.47 Å². The number of hydrogen-bond donors (Lipinski definition) is 1. The van der Waals surface area contributed by atoms with Gasteiger partial charge in [0.25, 0.3) is 0 Å². The van der Waals surface area contributed by atoms with E-state index in [9.17, 15) is 0 Å². The zero-order valence-corrected chi connectivity index (χ0v) is 10.9. The van der Waals surface area contributed by atoms with Gasteiger partial charge in [-0.15, -0.1) is 0 Å². The van der Waals surface area contributed by atoms with E-state index >= 15 is 0 Å². The lowest BCUT2D eigenvalue weighted by Gasteiger charge is -2.18. The number of likely N-dealkylation sites (N-methyl/N-ethyl adjacent to an activating group) is 1. The molecule has 4 nitrogen and oxygen atoms in total. The van der Waals surface area contributed by atoms with Crippen LogP contribution in [0.1, 0.15) is 12.5 Å². The SMILES string of the molecule is CCOCCN(C)Cc1ccc(N)cc1OC. The number of hydrogen-bond acceptors (Lipinski definition) is 4. The van der Waals surface area contributed by atoms with Crippen molar-refractivity contribution in [3.8, 4) is 5.75 Å². The predicted molar refractivity (Wildman–Crippen MR) is 70.2 cm³/mol. The van der Waals surface area contributed by atoms with Crippen LogP contribution < -0.4 is 10.5 Å². The van der Waals surface area contributed by atoms with Crippen molar-refractivity contribution in [1.29, 1.82) is 0 Å². The average molecular weight is 238 g/mol. The monoisotopic (exact) mass is 238 g/mol. The fourth-order valence-electron chi connectivity index (χ4n) is 1.63. The van der Waals surface area contributed by atoms with Crippen molar-refractivity contribution >= 4 is 5.69 Å². The van der Waals surface area contributed by atoms with Gasteiger partial charge in [-0.1, -0.05) is 6.07 Å². The quantitative estimate of drug-likeness (QED) is 0.580. The second kappa shape index (κ2) is 7.14. The Kier molecular flexibility index (Phi) is 5.80. The van der Waals surface area contributed by atoms with E-state index in [0.29, 0.717) is 0 Å². The van der Waals surface area contributed by atoms with Crippen LogP contribution in [0.4, 0.5) is 5.69 Å². The van der Waals surface area contributed by atoms with Gasteiger partial charge in [0, 0.05) is 37.0 Å². The second-order valence-electron chi connectivity index (χ2n) is 4.01. The first-order valence-corrected chi connectivity index (χ1v) is 5.86. The van der Waals surface area contributed by atoms with Gasteiger partial charge < -0.3 is 15.2 Å². The largest absolute Gasteiger partial charge is 0.496 e. The zero-order chi connectivity index (χ0) is 12.7. The van der Waals surface area contributed by atoms with Crippen molar-refractivity contribution in [3.05, 3.63) is 23.8 Å². The van der Waals surface area contributed by atoms with E-state index in [4.69, 9.17) is 15.2 Å². The first kappa shape index (κ1) is 13.8. The molecule has 1 rings (SSSR count). The smallest absolute Gasteiger partial charge is 0.125 e. The lowest BCUT2D eigenvalue weighted by molar-refractivity contribution is 0.120. The molecule has 1 aromatic rings. The minimum absolute atomic E-state index is 0.725. The molecule has 0 unspecified atom stereocenters. The Bertz CT molecular complexity index is 342. The van der Waals surface area contributed by atoms with Crippen LogP contribution in [0.15, 0.2) is 18.2 Å². The number of ether oxygens (including phenoxy) is 2. The lowest BCUT2D eigenvalue weighted by Crippen LogP contribution is -2.23. The molecule has 0 atom stereocenters. The summed E-state index contributed by atoms with van der Waals surface area (Å²) in [4.78, 5) is 2.20. The summed E-state index contributed by atoms with van der Waals surface area (Å²) in [6.45, 7) is 5.25. The molecule has 0 bridgehead atoms. The van der Waals surface area contributed by atoms with Gasteiger partial charge in [-0.2, -0.15) is 0 Å². The minimum Gasteiger partial charge on any atom is -0.496 e. The van der Waals surface area contributed by atoms with E-state index < -0.39 is 0 Å². The Labute approximate surface area is 103 Å². The summed E-state index contributed by atoms with van der Waals surface area (Å²) in [6, 6.07) is 5.76. The number of anilines is 1. The van der Waals surface area contributed by atoms with Crippen LogP contribution in [0.2, 0.25) is 0 Å². The molecule has 0 saturated heterocycles. The molecule has 0 aromatic heterocycles. The molecule has 0 saturated carbocycles. The number of nitrogen functional groups attached to an aromatic ring is 1. The van der Waals surface area contributed by atoms with Gasteiger partial charge in [0.2, 0.25) is 0 Å². The van der Waals surface area contributed by atoms with E-state index in [1.165, 1.54) is 0 Å². The van der Waals surface area contributed by atoms with Gasteiger partial charge in [0.15, 0.2) is 0 Å². The third-order valence-electron chi connectivity index (χ3n) is 2.57. The number of rotatable bonds is 7. The summed E-state index contributed by atoms with van der Waals surface area (Å²) in [7, 11) is 3.73. The highest BCUT2D eigenvalue weighted by molar-refractivity contribution is 5.48. The average Bonchev–Trinajstić information content (AvgIpc) is 2.32. The summed E-state index contributed by atoms with van der Waals surface area (Å²) in [5.41, 5.74) is 7.58. The van der Waals surface area contributed by atoms with Crippen LogP contribution in [-0.4, -0.2) is 38.8 Å². The van der Waals surface area contributed by atoms with Gasteiger partial charge >= 0.3 is 0 Å². The standard InChI is InChI=1S/C13H22N2O2/c1-4-17-8-7-15(2)10-11-5-6-12(14)9-13(11)16-3/h5-6,9H,4,7-8,10,14H2,1-3H3. The fraction of sp³-hybridized carbons (Fsp3) is 0.538. The molecule has 0 radical (unpaired) electrons. The topological polar surface area (TPSA) is 47.7 Å². The Morgan fingerprint density at radius 2 is 2.12 bits per heavy atom. The highest BCUT2D eigenvalue weighted by Gasteiger charge is 2.06. The maximum Gasteiger partial charge on any atom is 0.125 e. The maximum absolute atomic E-state index is 5.72. The van der Waals surface area contributed by atoms with Crippen LogP contribution in [0.3, 0.4) is 0 Å². The number of nitrogens with zero attached hydrogens (tertiary/aromatic N) is 1. The van der Waals surface area contributed by atoms with Crippen molar-refractivity contribution in [2.24, 2.45) is 0 Å². The predicted octanol–water partition coefficient (Wildman–Crippen LogP) is 1.75. The van der Waals surface area contributed by atoms with E-state index in [2.05, 4.69) is 11.9 Å². The van der Waals surface area contributed by atoms with Crippen molar-refractivity contribution in [2.75, 3.05) is 39.6 Å². The first-order chi connectivity index (χ1) is 8.17. The zero-order valence-electron chi connectivity index (χ0n) is 10.9. The van der Waals surface area contributed by atoms with Crippen LogP contribution >= 0.6 is 0 Å². The molecule has 0 aliphatic heterocycles. The molecule has 0 amide bonds. The van der Waals surface area contributed by atoms with Crippen LogP contribution in [0, 0.1) is 0 Å². The van der Waals surface area contributed by atoms with Gasteiger partial charge in [0.1, 0.15) is 5.75 Å². The fourth-order valence-corrected chi connectivity index (χ4v) is 1.63. The molecule has 17 heavy (non-hydrogen) atoms. The molecule has 0 heterocycles. The lowest BCUT2D eigenvalue weighted by atomic mass is 10.1. The Hall–Kier alpha value is -1.26. The van der Waals surface area contributed by atoms with Crippen LogP contribution in [-0.2, 0) is 11.3 Å². The molecular formula is C13H22N2O2. The molecule has 0 aliphatic carbocycles. The normalized spacial score (nSPS) is 10.8. The van der Waals surface area contributed by atoms with Crippen molar-refractivity contribution in [1.82, 2.24) is 4.90 Å². The molecule has 4 heteroatoms. The van der Waals surface area contributed by atoms with Crippen LogP contribution in [0.25, 0.3) is 0 Å². The second-order valence-corrected chi connectivity index (χ2v) is 4.01. The molecule has 96 valence electrons. The number of nitrogens with two attached hydrogens (primary N) is 1. The van der Waals surface area contributed by atoms with E-state index in [1.807, 2.05) is 25.1 Å². The van der Waals surface area contributed by atoms with E-state index in [1.54, 1.807) is 7.11 Å². The van der Waals surface area contributed by atoms with E-state index in [-0.39, 0.29) is 0 Å². The highest BCUT2D eigenvalue weighted by atomic mass is 16.5. The summed E-state index contributed by atoms with van der Waals surface area (Å²) >= 11 is 0. The molecule has 0 fully saturated rings. The van der Waals surface area contributed by atoms with Gasteiger partial charge in [0.05, 0.1) is 13.7 Å². The van der Waals surface area contributed by atoms with E-state index in [0.717, 1.165) is 43.3 Å². The summed E-state index contributed by atoms with van der Waals surface area (Å²) in [5, 5.41) is 0. The summed E-state index contributed by atoms with van der Waals surface area (Å²) in [5.74, 6) is 0.841. The molecular weight excluding hydrogens is 216 g/mol. The first-order valence-electron chi connectivity index (χ1n) is 5.86.